The number of hydrogen-bond donors (Lipinski definition) is 2. The lowest BCUT2D eigenvalue weighted by Gasteiger charge is -2.16. The van der Waals surface area contributed by atoms with Crippen LogP contribution >= 0.6 is 0 Å². The molecule has 0 aromatic rings. The van der Waals surface area contributed by atoms with Crippen LogP contribution in [0.15, 0.2) is 0 Å². The lowest BCUT2D eigenvalue weighted by atomic mass is 10.00. The van der Waals surface area contributed by atoms with Gasteiger partial charge >= 0.3 is 0 Å². The van der Waals surface area contributed by atoms with Crippen molar-refractivity contribution in [1.82, 2.24) is 10.2 Å². The maximum absolute atomic E-state index is 11.5. The van der Waals surface area contributed by atoms with E-state index in [9.17, 15) is 14.4 Å². The highest BCUT2D eigenvalue weighted by Gasteiger charge is 2.48. The maximum atomic E-state index is 11.5. The minimum Gasteiger partial charge on any atom is -0.341 e. The smallest absolute Gasteiger partial charge is 0.232 e. The predicted octanol–water partition coefficient (Wildman–Crippen LogP) is -1.93. The number of rotatable bonds is 2. The van der Waals surface area contributed by atoms with Gasteiger partial charge in [-0.1, -0.05) is 0 Å². The van der Waals surface area contributed by atoms with Crippen LogP contribution < -0.4 is 11.1 Å². The van der Waals surface area contributed by atoms with E-state index in [-0.39, 0.29) is 36.0 Å². The molecule has 6 nitrogen and oxygen atoms in total. The number of nitrogens with zero attached hydrogens (tertiary/aromatic N) is 1. The molecule has 2 aliphatic heterocycles. The van der Waals surface area contributed by atoms with Gasteiger partial charge in [0.1, 0.15) is 0 Å². The van der Waals surface area contributed by atoms with E-state index in [4.69, 9.17) is 5.73 Å². The van der Waals surface area contributed by atoms with Crippen LogP contribution in [-0.2, 0) is 14.4 Å². The van der Waals surface area contributed by atoms with Gasteiger partial charge in [0.15, 0.2) is 0 Å². The van der Waals surface area contributed by atoms with Crippen LogP contribution in [0.1, 0.15) is 6.42 Å². The van der Waals surface area contributed by atoms with E-state index < -0.39 is 0 Å². The molecule has 3 N–H and O–H groups in total. The normalized spacial score (nSPS) is 29.3. The Labute approximate surface area is 86.8 Å². The molecule has 3 amide bonds. The van der Waals surface area contributed by atoms with Gasteiger partial charge in [0.25, 0.3) is 0 Å². The van der Waals surface area contributed by atoms with Crippen LogP contribution in [0.2, 0.25) is 0 Å². The molecule has 0 aromatic heterocycles. The summed E-state index contributed by atoms with van der Waals surface area (Å²) in [6, 6.07) is 0. The zero-order valence-electron chi connectivity index (χ0n) is 8.23. The summed E-state index contributed by atoms with van der Waals surface area (Å²) in [5, 5.41) is 2.27. The van der Waals surface area contributed by atoms with Gasteiger partial charge in [0.05, 0.1) is 11.8 Å². The lowest BCUT2D eigenvalue weighted by Crippen LogP contribution is -2.35. The third-order valence-electron chi connectivity index (χ3n) is 2.95. The molecule has 6 heteroatoms. The fourth-order valence-corrected chi connectivity index (χ4v) is 2.13. The van der Waals surface area contributed by atoms with E-state index >= 15 is 0 Å². The molecule has 82 valence electrons. The number of carbonyl (C=O) groups excluding carboxylic acids is 3. The Bertz CT molecular complexity index is 307. The van der Waals surface area contributed by atoms with Gasteiger partial charge < -0.3 is 10.6 Å². The zero-order valence-corrected chi connectivity index (χ0v) is 8.23. The second-order valence-corrected chi connectivity index (χ2v) is 3.90. The van der Waals surface area contributed by atoms with E-state index in [1.807, 2.05) is 0 Å². The van der Waals surface area contributed by atoms with Crippen LogP contribution in [0.3, 0.4) is 0 Å². The minimum atomic E-state index is -0.348. The number of nitrogens with one attached hydrogen (secondary N) is 1. The van der Waals surface area contributed by atoms with Crippen molar-refractivity contribution in [2.24, 2.45) is 17.6 Å². The SMILES string of the molecule is NCCC(=O)N1CC2C(=O)NC(=O)C2C1. The monoisotopic (exact) mass is 211 g/mol. The molecule has 0 radical (unpaired) electrons. The molecule has 2 heterocycles. The van der Waals surface area contributed by atoms with Gasteiger partial charge in [-0.25, -0.2) is 0 Å². The van der Waals surface area contributed by atoms with Crippen molar-refractivity contribution < 1.29 is 14.4 Å². The van der Waals surface area contributed by atoms with Gasteiger partial charge in [-0.15, -0.1) is 0 Å². The first-order valence-electron chi connectivity index (χ1n) is 4.96. The van der Waals surface area contributed by atoms with E-state index in [2.05, 4.69) is 5.32 Å². The highest BCUT2D eigenvalue weighted by Crippen LogP contribution is 2.28. The number of imide groups is 1. The topological polar surface area (TPSA) is 92.5 Å². The second-order valence-electron chi connectivity index (χ2n) is 3.90. The molecule has 0 spiro atoms. The van der Waals surface area contributed by atoms with Crippen molar-refractivity contribution in [3.8, 4) is 0 Å². The van der Waals surface area contributed by atoms with E-state index in [0.29, 0.717) is 19.6 Å². The molecule has 2 fully saturated rings. The Morgan fingerprint density at radius 1 is 1.33 bits per heavy atom. The lowest BCUT2D eigenvalue weighted by molar-refractivity contribution is -0.131. The number of hydrogen-bond acceptors (Lipinski definition) is 4. The minimum absolute atomic E-state index is 0.0764. The molecule has 0 aliphatic carbocycles. The van der Waals surface area contributed by atoms with Crippen molar-refractivity contribution >= 4 is 17.7 Å². The summed E-state index contributed by atoms with van der Waals surface area (Å²) in [6.45, 7) is 0.993. The summed E-state index contributed by atoms with van der Waals surface area (Å²) in [4.78, 5) is 35.6. The summed E-state index contributed by atoms with van der Waals surface area (Å²) in [5.74, 6) is -1.29. The molecule has 2 atom stereocenters. The number of likely N-dealkylation sites (tertiary alicyclic amines) is 1. The number of nitrogens with two attached hydrogens (primary N) is 1. The highest BCUT2D eigenvalue weighted by molar-refractivity contribution is 6.06. The standard InChI is InChI=1S/C9H13N3O3/c10-2-1-7(13)12-3-5-6(4-12)9(15)11-8(5)14/h5-6H,1-4,10H2,(H,11,14,15). The number of amides is 3. The first-order valence-corrected chi connectivity index (χ1v) is 4.96. The Morgan fingerprint density at radius 3 is 2.33 bits per heavy atom. The quantitative estimate of drug-likeness (QED) is 0.520. The average Bonchev–Trinajstić information content (AvgIpc) is 2.70. The second kappa shape index (κ2) is 3.62. The Hall–Kier alpha value is -1.43. The number of carbonyl (C=O) groups is 3. The summed E-state index contributed by atoms with van der Waals surface area (Å²) in [6.07, 6.45) is 0.273. The Balaban J connectivity index is 2.03. The van der Waals surface area contributed by atoms with Gasteiger partial charge in [0, 0.05) is 26.1 Å². The third-order valence-corrected chi connectivity index (χ3v) is 2.95. The van der Waals surface area contributed by atoms with Crippen LogP contribution in [-0.4, -0.2) is 42.3 Å². The third kappa shape index (κ3) is 1.61. The van der Waals surface area contributed by atoms with Crippen LogP contribution in [0.5, 0.6) is 0 Å². The molecule has 2 rings (SSSR count). The molecule has 2 unspecified atom stereocenters. The predicted molar refractivity (Wildman–Crippen MR) is 50.4 cm³/mol. The molecule has 0 aromatic carbocycles. The fraction of sp³-hybridized carbons (Fsp3) is 0.667. The van der Waals surface area contributed by atoms with Gasteiger partial charge in [-0.3, -0.25) is 19.7 Å². The van der Waals surface area contributed by atoms with Crippen molar-refractivity contribution in [3.05, 3.63) is 0 Å². The molecular formula is C9H13N3O3. The molecule has 2 aliphatic rings. The highest BCUT2D eigenvalue weighted by atomic mass is 16.2. The van der Waals surface area contributed by atoms with E-state index in [0.717, 1.165) is 0 Å². The molecular weight excluding hydrogens is 198 g/mol. The van der Waals surface area contributed by atoms with Gasteiger partial charge in [0.2, 0.25) is 17.7 Å². The summed E-state index contributed by atoms with van der Waals surface area (Å²) < 4.78 is 0. The zero-order chi connectivity index (χ0) is 11.0. The van der Waals surface area contributed by atoms with Crippen molar-refractivity contribution in [3.63, 3.8) is 0 Å². The molecule has 0 saturated carbocycles. The van der Waals surface area contributed by atoms with E-state index in [1.165, 1.54) is 0 Å². The maximum Gasteiger partial charge on any atom is 0.232 e. The Kier molecular flexibility index (Phi) is 2.44. The first kappa shape index (κ1) is 10.1. The molecule has 15 heavy (non-hydrogen) atoms. The fourth-order valence-electron chi connectivity index (χ4n) is 2.13. The van der Waals surface area contributed by atoms with Gasteiger partial charge in [-0.2, -0.15) is 0 Å². The van der Waals surface area contributed by atoms with Gasteiger partial charge in [-0.05, 0) is 0 Å². The van der Waals surface area contributed by atoms with Crippen LogP contribution in [0.4, 0.5) is 0 Å². The summed E-state index contributed by atoms with van der Waals surface area (Å²) >= 11 is 0. The van der Waals surface area contributed by atoms with Crippen molar-refractivity contribution in [2.75, 3.05) is 19.6 Å². The Morgan fingerprint density at radius 2 is 1.87 bits per heavy atom. The van der Waals surface area contributed by atoms with Crippen molar-refractivity contribution in [1.29, 1.82) is 0 Å². The largest absolute Gasteiger partial charge is 0.341 e. The van der Waals surface area contributed by atoms with Crippen LogP contribution in [0.25, 0.3) is 0 Å². The summed E-state index contributed by atoms with van der Waals surface area (Å²) in [7, 11) is 0. The molecule has 2 saturated heterocycles. The van der Waals surface area contributed by atoms with E-state index in [1.54, 1.807) is 4.90 Å². The number of fused-ring (bicyclic) bond motifs is 1. The average molecular weight is 211 g/mol. The van der Waals surface area contributed by atoms with Crippen LogP contribution in [0, 0.1) is 11.8 Å². The first-order chi connectivity index (χ1) is 7.13. The summed E-state index contributed by atoms with van der Waals surface area (Å²) in [5.41, 5.74) is 5.27. The molecule has 0 bridgehead atoms. The van der Waals surface area contributed by atoms with Crippen molar-refractivity contribution in [2.45, 2.75) is 6.42 Å².